The monoisotopic (exact) mass is 372 g/mol. The molecule has 0 saturated carbocycles. The van der Waals surface area contributed by atoms with E-state index in [2.05, 4.69) is 41.9 Å². The van der Waals surface area contributed by atoms with E-state index in [4.69, 9.17) is 4.98 Å². The first-order valence-corrected chi connectivity index (χ1v) is 9.31. The smallest absolute Gasteiger partial charge is 0.140 e. The van der Waals surface area contributed by atoms with Crippen molar-refractivity contribution in [3.8, 4) is 5.82 Å². The number of piperazine rings is 1. The van der Waals surface area contributed by atoms with E-state index in [9.17, 15) is 0 Å². The molecule has 0 radical (unpaired) electrons. The van der Waals surface area contributed by atoms with E-state index in [0.717, 1.165) is 60.4 Å². The van der Waals surface area contributed by atoms with Gasteiger partial charge in [0, 0.05) is 50.2 Å². The van der Waals surface area contributed by atoms with Crippen LogP contribution in [-0.4, -0.2) is 55.7 Å². The maximum absolute atomic E-state index is 4.84. The summed E-state index contributed by atoms with van der Waals surface area (Å²) in [6.45, 7) is 5.51. The number of aromatic nitrogens is 6. The average Bonchev–Trinajstić information content (AvgIpc) is 3.19. The van der Waals surface area contributed by atoms with Gasteiger partial charge in [-0.25, -0.2) is 19.9 Å². The summed E-state index contributed by atoms with van der Waals surface area (Å²) in [4.78, 5) is 26.8. The van der Waals surface area contributed by atoms with Crippen molar-refractivity contribution in [3.05, 3.63) is 61.2 Å². The highest BCUT2D eigenvalue weighted by Crippen LogP contribution is 2.24. The predicted molar refractivity (Wildman–Crippen MR) is 108 cm³/mol. The minimum atomic E-state index is 0.875. The molecular formula is C20H20N8. The Hall–Kier alpha value is -3.55. The Kier molecular flexibility index (Phi) is 4.08. The third kappa shape index (κ3) is 2.92. The lowest BCUT2D eigenvalue weighted by molar-refractivity contribution is 0.642. The Balaban J connectivity index is 1.36. The van der Waals surface area contributed by atoms with E-state index in [0.29, 0.717) is 0 Å². The second kappa shape index (κ2) is 6.88. The van der Waals surface area contributed by atoms with Crippen LogP contribution in [-0.2, 0) is 0 Å². The first-order valence-electron chi connectivity index (χ1n) is 9.31. The normalized spacial score (nSPS) is 14.6. The van der Waals surface area contributed by atoms with Gasteiger partial charge in [0.2, 0.25) is 0 Å². The molecule has 4 aromatic heterocycles. The summed E-state index contributed by atoms with van der Waals surface area (Å²) < 4.78 is 2.00. The second-order valence-corrected chi connectivity index (χ2v) is 6.76. The van der Waals surface area contributed by atoms with Crippen molar-refractivity contribution in [2.45, 2.75) is 6.92 Å². The Bertz CT molecular complexity index is 1110. The molecule has 0 aliphatic carbocycles. The van der Waals surface area contributed by atoms with Crippen LogP contribution in [0.4, 0.5) is 11.6 Å². The average molecular weight is 372 g/mol. The van der Waals surface area contributed by atoms with E-state index in [-0.39, 0.29) is 0 Å². The van der Waals surface area contributed by atoms with Gasteiger partial charge in [0.05, 0.1) is 11.7 Å². The fourth-order valence-electron chi connectivity index (χ4n) is 3.64. The van der Waals surface area contributed by atoms with Crippen LogP contribution in [0.2, 0.25) is 0 Å². The summed E-state index contributed by atoms with van der Waals surface area (Å²) in [5.41, 5.74) is 0.875. The number of aryl methyl sites for hydroxylation is 1. The number of hydrogen-bond donors (Lipinski definition) is 0. The molecule has 0 unspecified atom stereocenters. The zero-order valence-electron chi connectivity index (χ0n) is 15.6. The standard InChI is InChI=1S/C20H20N8/c1-15-22-7-8-28(15)19-4-2-3-18(25-19)26-9-11-27(12-10-26)20-16-5-6-21-13-17(16)23-14-24-20/h2-8,13-14H,9-12H2,1H3. The minimum absolute atomic E-state index is 0.875. The molecule has 1 aliphatic rings. The number of pyridine rings is 2. The zero-order chi connectivity index (χ0) is 18.9. The summed E-state index contributed by atoms with van der Waals surface area (Å²) in [6, 6.07) is 8.11. The van der Waals surface area contributed by atoms with Crippen molar-refractivity contribution in [2.75, 3.05) is 36.0 Å². The molecule has 0 N–H and O–H groups in total. The lowest BCUT2D eigenvalue weighted by atomic mass is 10.2. The van der Waals surface area contributed by atoms with E-state index >= 15 is 0 Å². The van der Waals surface area contributed by atoms with E-state index in [1.807, 2.05) is 29.8 Å². The summed E-state index contributed by atoms with van der Waals surface area (Å²) in [7, 11) is 0. The van der Waals surface area contributed by atoms with Gasteiger partial charge in [0.1, 0.15) is 29.6 Å². The molecular weight excluding hydrogens is 352 g/mol. The third-order valence-electron chi connectivity index (χ3n) is 5.11. The first-order chi connectivity index (χ1) is 13.8. The van der Waals surface area contributed by atoms with Gasteiger partial charge in [-0.1, -0.05) is 6.07 Å². The quantitative estimate of drug-likeness (QED) is 0.546. The Morgan fingerprint density at radius 1 is 0.857 bits per heavy atom. The molecule has 0 spiro atoms. The zero-order valence-corrected chi connectivity index (χ0v) is 15.6. The lowest BCUT2D eigenvalue weighted by Crippen LogP contribution is -2.47. The highest BCUT2D eigenvalue weighted by molar-refractivity contribution is 5.88. The molecule has 28 heavy (non-hydrogen) atoms. The second-order valence-electron chi connectivity index (χ2n) is 6.76. The lowest BCUT2D eigenvalue weighted by Gasteiger charge is -2.36. The first kappa shape index (κ1) is 16.6. The molecule has 0 bridgehead atoms. The molecule has 0 amide bonds. The minimum Gasteiger partial charge on any atom is -0.353 e. The summed E-state index contributed by atoms with van der Waals surface area (Å²) >= 11 is 0. The van der Waals surface area contributed by atoms with E-state index < -0.39 is 0 Å². The van der Waals surface area contributed by atoms with Gasteiger partial charge >= 0.3 is 0 Å². The van der Waals surface area contributed by atoms with Crippen LogP contribution in [0.15, 0.2) is 55.4 Å². The van der Waals surface area contributed by atoms with Crippen molar-refractivity contribution >= 4 is 22.5 Å². The molecule has 8 nitrogen and oxygen atoms in total. The molecule has 5 heterocycles. The van der Waals surface area contributed by atoms with Crippen molar-refractivity contribution in [1.29, 1.82) is 0 Å². The van der Waals surface area contributed by atoms with Gasteiger partial charge in [0.15, 0.2) is 0 Å². The van der Waals surface area contributed by atoms with Gasteiger partial charge in [-0.05, 0) is 25.1 Å². The van der Waals surface area contributed by atoms with Crippen molar-refractivity contribution in [2.24, 2.45) is 0 Å². The summed E-state index contributed by atoms with van der Waals surface area (Å²) in [5.74, 6) is 3.79. The fourth-order valence-corrected chi connectivity index (χ4v) is 3.64. The van der Waals surface area contributed by atoms with Gasteiger partial charge < -0.3 is 9.80 Å². The van der Waals surface area contributed by atoms with E-state index in [1.54, 1.807) is 24.9 Å². The van der Waals surface area contributed by atoms with Crippen LogP contribution in [0.3, 0.4) is 0 Å². The maximum Gasteiger partial charge on any atom is 0.140 e. The molecule has 1 fully saturated rings. The number of anilines is 2. The predicted octanol–water partition coefficient (Wildman–Crippen LogP) is 2.24. The van der Waals surface area contributed by atoms with Gasteiger partial charge in [-0.2, -0.15) is 0 Å². The summed E-state index contributed by atoms with van der Waals surface area (Å²) in [6.07, 6.45) is 8.92. The molecule has 1 saturated heterocycles. The SMILES string of the molecule is Cc1nccn1-c1cccc(N2CCN(c3ncnc4cnccc34)CC2)n1. The fraction of sp³-hybridized carbons (Fsp3) is 0.250. The number of rotatable bonds is 3. The Morgan fingerprint density at radius 3 is 2.50 bits per heavy atom. The van der Waals surface area contributed by atoms with Gasteiger partial charge in [-0.3, -0.25) is 9.55 Å². The number of nitrogens with zero attached hydrogens (tertiary/aromatic N) is 8. The van der Waals surface area contributed by atoms with Crippen molar-refractivity contribution in [1.82, 2.24) is 29.5 Å². The Labute approximate surface area is 162 Å². The van der Waals surface area contributed by atoms with Crippen LogP contribution in [0.1, 0.15) is 5.82 Å². The van der Waals surface area contributed by atoms with E-state index in [1.165, 1.54) is 0 Å². The molecule has 5 rings (SSSR count). The number of hydrogen-bond acceptors (Lipinski definition) is 7. The van der Waals surface area contributed by atoms with Crippen LogP contribution < -0.4 is 9.80 Å². The maximum atomic E-state index is 4.84. The highest BCUT2D eigenvalue weighted by Gasteiger charge is 2.21. The largest absolute Gasteiger partial charge is 0.353 e. The van der Waals surface area contributed by atoms with Gasteiger partial charge in [0.25, 0.3) is 0 Å². The van der Waals surface area contributed by atoms with Crippen LogP contribution >= 0.6 is 0 Å². The molecule has 8 heteroatoms. The summed E-state index contributed by atoms with van der Waals surface area (Å²) in [5, 5.41) is 1.04. The van der Waals surface area contributed by atoms with Crippen LogP contribution in [0.25, 0.3) is 16.7 Å². The van der Waals surface area contributed by atoms with Crippen LogP contribution in [0, 0.1) is 6.92 Å². The highest BCUT2D eigenvalue weighted by atomic mass is 15.3. The molecule has 0 aromatic carbocycles. The molecule has 0 atom stereocenters. The molecule has 140 valence electrons. The van der Waals surface area contributed by atoms with Crippen molar-refractivity contribution in [3.63, 3.8) is 0 Å². The Morgan fingerprint density at radius 2 is 1.68 bits per heavy atom. The molecule has 1 aliphatic heterocycles. The number of fused-ring (bicyclic) bond motifs is 1. The number of imidazole rings is 1. The topological polar surface area (TPSA) is 75.9 Å². The third-order valence-corrected chi connectivity index (χ3v) is 5.11. The van der Waals surface area contributed by atoms with Gasteiger partial charge in [-0.15, -0.1) is 0 Å². The van der Waals surface area contributed by atoms with Crippen LogP contribution in [0.5, 0.6) is 0 Å². The van der Waals surface area contributed by atoms with Crippen molar-refractivity contribution < 1.29 is 0 Å². The molecule has 4 aromatic rings.